The van der Waals surface area contributed by atoms with E-state index in [0.29, 0.717) is 12.1 Å². The van der Waals surface area contributed by atoms with Gasteiger partial charge in [0, 0.05) is 18.1 Å². The van der Waals surface area contributed by atoms with Crippen molar-refractivity contribution in [1.29, 1.82) is 0 Å². The topological polar surface area (TPSA) is 40.5 Å². The van der Waals surface area contributed by atoms with E-state index in [0.717, 1.165) is 31.2 Å². The zero-order valence-electron chi connectivity index (χ0n) is 15.2. The molecule has 0 amide bonds. The van der Waals surface area contributed by atoms with E-state index in [4.69, 9.17) is 0 Å². The van der Waals surface area contributed by atoms with Crippen LogP contribution in [0.25, 0.3) is 0 Å². The van der Waals surface area contributed by atoms with Gasteiger partial charge < -0.3 is 5.11 Å². The SMILES string of the molecule is CC(C)N(C(C)C)C(C)c1ccccc1C1(C(=O)O)CCCC1. The van der Waals surface area contributed by atoms with Gasteiger partial charge in [0.1, 0.15) is 0 Å². The van der Waals surface area contributed by atoms with Crippen LogP contribution in [0.1, 0.15) is 77.5 Å². The van der Waals surface area contributed by atoms with E-state index < -0.39 is 11.4 Å². The molecule has 1 aromatic carbocycles. The number of carboxylic acid groups (broad SMARTS) is 1. The van der Waals surface area contributed by atoms with Crippen LogP contribution in [0.2, 0.25) is 0 Å². The van der Waals surface area contributed by atoms with Crippen LogP contribution in [-0.2, 0) is 10.2 Å². The van der Waals surface area contributed by atoms with Gasteiger partial charge in [-0.1, -0.05) is 37.1 Å². The third-order valence-corrected chi connectivity index (χ3v) is 5.43. The van der Waals surface area contributed by atoms with Crippen LogP contribution in [0.3, 0.4) is 0 Å². The highest BCUT2D eigenvalue weighted by molar-refractivity contribution is 5.82. The van der Waals surface area contributed by atoms with Gasteiger partial charge in [-0.15, -0.1) is 0 Å². The Balaban J connectivity index is 2.51. The maximum Gasteiger partial charge on any atom is 0.314 e. The standard InChI is InChI=1S/C20H31NO2/c1-14(2)21(15(3)4)16(5)17-10-6-7-11-18(17)20(19(22)23)12-8-9-13-20/h6-7,10-11,14-16H,8-9,12-13H2,1-5H3,(H,22,23). The van der Waals surface area contributed by atoms with Crippen molar-refractivity contribution in [3.63, 3.8) is 0 Å². The second kappa shape index (κ2) is 7.04. The van der Waals surface area contributed by atoms with Crippen LogP contribution in [0.15, 0.2) is 24.3 Å². The molecule has 2 rings (SSSR count). The van der Waals surface area contributed by atoms with Crippen LogP contribution >= 0.6 is 0 Å². The molecule has 3 heteroatoms. The number of benzene rings is 1. The minimum absolute atomic E-state index is 0.211. The lowest BCUT2D eigenvalue weighted by Crippen LogP contribution is -2.41. The third kappa shape index (κ3) is 3.30. The molecule has 128 valence electrons. The average molecular weight is 317 g/mol. The molecule has 1 saturated carbocycles. The van der Waals surface area contributed by atoms with Crippen molar-refractivity contribution < 1.29 is 9.90 Å². The van der Waals surface area contributed by atoms with Crippen molar-refractivity contribution >= 4 is 5.97 Å². The Morgan fingerprint density at radius 3 is 2.04 bits per heavy atom. The van der Waals surface area contributed by atoms with Crippen molar-refractivity contribution in [1.82, 2.24) is 4.90 Å². The Morgan fingerprint density at radius 1 is 1.04 bits per heavy atom. The Morgan fingerprint density at radius 2 is 1.57 bits per heavy atom. The van der Waals surface area contributed by atoms with Gasteiger partial charge in [-0.3, -0.25) is 9.69 Å². The van der Waals surface area contributed by atoms with Crippen molar-refractivity contribution in [3.05, 3.63) is 35.4 Å². The molecular formula is C20H31NO2. The van der Waals surface area contributed by atoms with E-state index in [2.05, 4.69) is 45.6 Å². The van der Waals surface area contributed by atoms with E-state index in [1.807, 2.05) is 18.2 Å². The first-order valence-electron chi connectivity index (χ1n) is 8.91. The van der Waals surface area contributed by atoms with Gasteiger partial charge in [0.15, 0.2) is 0 Å². The van der Waals surface area contributed by atoms with E-state index in [-0.39, 0.29) is 6.04 Å². The van der Waals surface area contributed by atoms with Crippen LogP contribution in [-0.4, -0.2) is 28.1 Å². The number of hydrogen-bond donors (Lipinski definition) is 1. The molecule has 0 aliphatic heterocycles. The molecule has 1 N–H and O–H groups in total. The molecule has 0 heterocycles. The monoisotopic (exact) mass is 317 g/mol. The minimum atomic E-state index is -0.690. The summed E-state index contributed by atoms with van der Waals surface area (Å²) >= 11 is 0. The molecule has 1 aliphatic carbocycles. The Labute approximate surface area is 140 Å². The van der Waals surface area contributed by atoms with Crippen molar-refractivity contribution in [2.45, 2.75) is 83.8 Å². The van der Waals surface area contributed by atoms with E-state index >= 15 is 0 Å². The second-order valence-corrected chi connectivity index (χ2v) is 7.49. The Hall–Kier alpha value is -1.35. The lowest BCUT2D eigenvalue weighted by molar-refractivity contribution is -0.143. The summed E-state index contributed by atoms with van der Waals surface area (Å²) in [5.74, 6) is -0.657. The first kappa shape index (κ1) is 18.0. The van der Waals surface area contributed by atoms with E-state index in [9.17, 15) is 9.90 Å². The zero-order valence-corrected chi connectivity index (χ0v) is 15.2. The number of carboxylic acids is 1. The lowest BCUT2D eigenvalue weighted by Gasteiger charge is -2.39. The summed E-state index contributed by atoms with van der Waals surface area (Å²) in [7, 11) is 0. The number of hydrogen-bond acceptors (Lipinski definition) is 2. The van der Waals surface area contributed by atoms with Crippen LogP contribution in [0.5, 0.6) is 0 Å². The second-order valence-electron chi connectivity index (χ2n) is 7.49. The van der Waals surface area contributed by atoms with Gasteiger partial charge in [-0.25, -0.2) is 0 Å². The predicted octanol–water partition coefficient (Wildman–Crippen LogP) is 4.76. The third-order valence-electron chi connectivity index (χ3n) is 5.43. The minimum Gasteiger partial charge on any atom is -0.481 e. The summed E-state index contributed by atoms with van der Waals surface area (Å²) < 4.78 is 0. The molecule has 0 saturated heterocycles. The summed E-state index contributed by atoms with van der Waals surface area (Å²) in [5, 5.41) is 9.97. The predicted molar refractivity (Wildman–Crippen MR) is 94.7 cm³/mol. The first-order chi connectivity index (χ1) is 10.8. The highest BCUT2D eigenvalue weighted by Gasteiger charge is 2.44. The maximum atomic E-state index is 12.1. The maximum absolute atomic E-state index is 12.1. The van der Waals surface area contributed by atoms with Gasteiger partial charge >= 0.3 is 5.97 Å². The molecule has 0 aromatic heterocycles. The molecule has 1 atom stereocenters. The average Bonchev–Trinajstić information content (AvgIpc) is 2.97. The van der Waals surface area contributed by atoms with Gasteiger partial charge in [0.05, 0.1) is 5.41 Å². The first-order valence-corrected chi connectivity index (χ1v) is 8.91. The van der Waals surface area contributed by atoms with Crippen LogP contribution < -0.4 is 0 Å². The number of aliphatic carboxylic acids is 1. The number of rotatable bonds is 6. The van der Waals surface area contributed by atoms with Crippen molar-refractivity contribution in [2.75, 3.05) is 0 Å². The molecule has 0 bridgehead atoms. The smallest absolute Gasteiger partial charge is 0.314 e. The van der Waals surface area contributed by atoms with Crippen molar-refractivity contribution in [2.24, 2.45) is 0 Å². The largest absolute Gasteiger partial charge is 0.481 e. The molecule has 0 radical (unpaired) electrons. The Kier molecular flexibility index (Phi) is 5.51. The van der Waals surface area contributed by atoms with Gasteiger partial charge in [-0.05, 0) is 58.6 Å². The van der Waals surface area contributed by atoms with Crippen molar-refractivity contribution in [3.8, 4) is 0 Å². The number of carbonyl (C=O) groups is 1. The highest BCUT2D eigenvalue weighted by atomic mass is 16.4. The molecule has 0 spiro atoms. The molecule has 1 unspecified atom stereocenters. The van der Waals surface area contributed by atoms with Crippen LogP contribution in [0, 0.1) is 0 Å². The molecular weight excluding hydrogens is 286 g/mol. The highest BCUT2D eigenvalue weighted by Crippen LogP contribution is 2.44. The molecule has 23 heavy (non-hydrogen) atoms. The molecule has 1 aliphatic rings. The summed E-state index contributed by atoms with van der Waals surface area (Å²) in [5.41, 5.74) is 1.52. The van der Waals surface area contributed by atoms with Gasteiger partial charge in [-0.2, -0.15) is 0 Å². The fourth-order valence-corrected chi connectivity index (χ4v) is 4.53. The summed E-state index contributed by atoms with van der Waals surface area (Å²) in [6.07, 6.45) is 3.53. The Bertz CT molecular complexity index is 536. The molecule has 3 nitrogen and oxygen atoms in total. The van der Waals surface area contributed by atoms with Crippen LogP contribution in [0.4, 0.5) is 0 Å². The molecule has 1 aromatic rings. The fourth-order valence-electron chi connectivity index (χ4n) is 4.53. The quantitative estimate of drug-likeness (QED) is 0.822. The molecule has 1 fully saturated rings. The summed E-state index contributed by atoms with van der Waals surface area (Å²) in [6.45, 7) is 11.1. The summed E-state index contributed by atoms with van der Waals surface area (Å²) in [6, 6.07) is 9.25. The summed E-state index contributed by atoms with van der Waals surface area (Å²) in [4.78, 5) is 14.6. The van der Waals surface area contributed by atoms with Gasteiger partial charge in [0.25, 0.3) is 0 Å². The van der Waals surface area contributed by atoms with E-state index in [1.165, 1.54) is 5.56 Å². The fraction of sp³-hybridized carbons (Fsp3) is 0.650. The van der Waals surface area contributed by atoms with Gasteiger partial charge in [0.2, 0.25) is 0 Å². The zero-order chi connectivity index (χ0) is 17.2. The number of nitrogens with zero attached hydrogens (tertiary/aromatic N) is 1. The lowest BCUT2D eigenvalue weighted by atomic mass is 9.75. The normalized spacial score (nSPS) is 18.8. The van der Waals surface area contributed by atoms with E-state index in [1.54, 1.807) is 0 Å².